The molecule has 0 aliphatic rings. The van der Waals surface area contributed by atoms with Gasteiger partial charge in [-0.1, -0.05) is 69.4 Å². The van der Waals surface area contributed by atoms with Gasteiger partial charge < -0.3 is 0 Å². The van der Waals surface area contributed by atoms with Gasteiger partial charge in [-0.05, 0) is 0 Å². The quantitative estimate of drug-likeness (QED) is 0.357. The van der Waals surface area contributed by atoms with E-state index in [0.717, 1.165) is 0 Å². The average Bonchev–Trinajstić information content (AvgIpc) is 3.16. The largest absolute Gasteiger partial charge is 4.00 e. The first-order chi connectivity index (χ1) is 10.4. The number of rotatable bonds is 2. The molecule has 0 bridgehead atoms. The minimum Gasteiger partial charge on any atom is -0.214 e. The molecule has 0 saturated heterocycles. The molecule has 3 aromatic rings. The molecule has 0 aliphatic heterocycles. The van der Waals surface area contributed by atoms with Crippen LogP contribution in [0.15, 0.2) is 66.7 Å². The van der Waals surface area contributed by atoms with Crippen LogP contribution in [0, 0.1) is 20.8 Å². The molecule has 0 amide bonds. The Labute approximate surface area is 156 Å². The van der Waals surface area contributed by atoms with E-state index < -0.39 is 8.07 Å². The van der Waals surface area contributed by atoms with Crippen molar-refractivity contribution in [2.45, 2.75) is 33.9 Å². The number of benzene rings is 1. The van der Waals surface area contributed by atoms with Crippen LogP contribution >= 0.6 is 0 Å². The maximum Gasteiger partial charge on any atom is 4.00 e. The topological polar surface area (TPSA) is 0 Å². The molecule has 0 radical (unpaired) electrons. The fourth-order valence-corrected chi connectivity index (χ4v) is 5.01. The van der Waals surface area contributed by atoms with Crippen molar-refractivity contribution in [2.75, 3.05) is 0 Å². The maximum atomic E-state index is 2.40. The van der Waals surface area contributed by atoms with Crippen LogP contribution in [0.4, 0.5) is 0 Å². The van der Waals surface area contributed by atoms with Crippen molar-refractivity contribution in [3.63, 3.8) is 0 Å². The molecule has 2 heteroatoms. The molecule has 0 aromatic heterocycles. The second kappa shape index (κ2) is 8.61. The summed E-state index contributed by atoms with van der Waals surface area (Å²) in [6.07, 6.45) is 0. The Kier molecular flexibility index (Phi) is 7.44. The first kappa shape index (κ1) is 19.9. The van der Waals surface area contributed by atoms with Crippen LogP contribution in [-0.2, 0) is 21.1 Å². The molecular formula is C21H26PtSi+2. The summed E-state index contributed by atoms with van der Waals surface area (Å²) in [5.74, 6) is 0. The molecule has 122 valence electrons. The summed E-state index contributed by atoms with van der Waals surface area (Å²) in [6.45, 7) is 11.2. The molecule has 0 saturated carbocycles. The van der Waals surface area contributed by atoms with Crippen molar-refractivity contribution in [2.24, 2.45) is 0 Å². The zero-order valence-electron chi connectivity index (χ0n) is 14.7. The molecular weight excluding hydrogens is 475 g/mol. The second-order valence-electron chi connectivity index (χ2n) is 6.49. The van der Waals surface area contributed by atoms with Gasteiger partial charge in [0.2, 0.25) is 0 Å². The predicted octanol–water partition coefficient (Wildman–Crippen LogP) is 4.56. The van der Waals surface area contributed by atoms with Crippen molar-refractivity contribution < 1.29 is 21.1 Å². The van der Waals surface area contributed by atoms with Gasteiger partial charge in [0.25, 0.3) is 0 Å². The van der Waals surface area contributed by atoms with Crippen LogP contribution in [0.2, 0.25) is 13.1 Å². The standard InChI is InChI=1S/C13H15Si.C8H11.Pt/c1-14(2,13-10-6-7-11-13)12-8-4-3-5-9-12;1-6-4-5-7(2)8(6)3;/h3-11H,1-2H3;4-5H,1-3H3;/q2*-1;+4. The van der Waals surface area contributed by atoms with Crippen molar-refractivity contribution in [1.29, 1.82) is 0 Å². The van der Waals surface area contributed by atoms with Gasteiger partial charge in [0.05, 0.1) is 8.07 Å². The predicted molar refractivity (Wildman–Crippen MR) is 101 cm³/mol. The molecule has 0 N–H and O–H groups in total. The summed E-state index contributed by atoms with van der Waals surface area (Å²) in [5.41, 5.74) is 4.25. The van der Waals surface area contributed by atoms with Crippen LogP contribution in [0.3, 0.4) is 0 Å². The van der Waals surface area contributed by atoms with E-state index in [1.54, 1.807) is 0 Å². The van der Waals surface area contributed by atoms with E-state index in [-0.39, 0.29) is 21.1 Å². The Morgan fingerprint density at radius 3 is 1.74 bits per heavy atom. The van der Waals surface area contributed by atoms with Crippen molar-refractivity contribution >= 4 is 18.4 Å². The van der Waals surface area contributed by atoms with E-state index in [1.165, 1.54) is 27.1 Å². The third kappa shape index (κ3) is 4.90. The van der Waals surface area contributed by atoms with Gasteiger partial charge in [0.15, 0.2) is 0 Å². The molecule has 23 heavy (non-hydrogen) atoms. The smallest absolute Gasteiger partial charge is 0.214 e. The fourth-order valence-electron chi connectivity index (χ4n) is 2.62. The fraction of sp³-hybridized carbons (Fsp3) is 0.238. The van der Waals surface area contributed by atoms with Crippen molar-refractivity contribution in [1.82, 2.24) is 0 Å². The summed E-state index contributed by atoms with van der Waals surface area (Å²) in [7, 11) is -1.40. The Bertz CT molecular complexity index is 671. The molecule has 3 aromatic carbocycles. The Balaban J connectivity index is 0.000000253. The Morgan fingerprint density at radius 1 is 0.783 bits per heavy atom. The van der Waals surface area contributed by atoms with Gasteiger partial charge in [-0.2, -0.15) is 40.1 Å². The first-order valence-electron chi connectivity index (χ1n) is 7.90. The van der Waals surface area contributed by atoms with E-state index >= 15 is 0 Å². The van der Waals surface area contributed by atoms with Gasteiger partial charge in [-0.3, -0.25) is 0 Å². The zero-order chi connectivity index (χ0) is 16.2. The number of hydrogen-bond donors (Lipinski definition) is 0. The van der Waals surface area contributed by atoms with Gasteiger partial charge in [0.1, 0.15) is 0 Å². The van der Waals surface area contributed by atoms with Crippen LogP contribution in [0.5, 0.6) is 0 Å². The third-order valence-electron chi connectivity index (χ3n) is 4.65. The number of hydrogen-bond acceptors (Lipinski definition) is 0. The van der Waals surface area contributed by atoms with Gasteiger partial charge >= 0.3 is 21.1 Å². The minimum atomic E-state index is -1.40. The van der Waals surface area contributed by atoms with Gasteiger partial charge in [0, 0.05) is 0 Å². The summed E-state index contributed by atoms with van der Waals surface area (Å²) < 4.78 is 0. The normalized spacial score (nSPS) is 10.5. The molecule has 0 spiro atoms. The summed E-state index contributed by atoms with van der Waals surface area (Å²) >= 11 is 0. The van der Waals surface area contributed by atoms with Crippen LogP contribution in [-0.4, -0.2) is 8.07 Å². The molecule has 0 nitrogen and oxygen atoms in total. The summed E-state index contributed by atoms with van der Waals surface area (Å²) in [5, 5.41) is 3.02. The second-order valence-corrected chi connectivity index (χ2v) is 10.9. The SMILES string of the molecule is C[Si](C)(c1ccccc1)[c-]1cccc1.Cc1cc[c-](C)c1C.[Pt+4]. The average molecular weight is 502 g/mol. The summed E-state index contributed by atoms with van der Waals surface area (Å²) in [6, 6.07) is 23.9. The van der Waals surface area contributed by atoms with Crippen LogP contribution < -0.4 is 10.4 Å². The molecule has 0 heterocycles. The van der Waals surface area contributed by atoms with Gasteiger partial charge in [-0.15, -0.1) is 0 Å². The third-order valence-corrected chi connectivity index (χ3v) is 8.20. The molecule has 3 rings (SSSR count). The van der Waals surface area contributed by atoms with Crippen LogP contribution in [0.25, 0.3) is 0 Å². The van der Waals surface area contributed by atoms with Crippen molar-refractivity contribution in [3.8, 4) is 0 Å². The Morgan fingerprint density at radius 2 is 1.35 bits per heavy atom. The van der Waals surface area contributed by atoms with Gasteiger partial charge in [-0.25, -0.2) is 18.2 Å². The minimum absolute atomic E-state index is 0. The molecule has 0 fully saturated rings. The van der Waals surface area contributed by atoms with E-state index in [4.69, 9.17) is 0 Å². The monoisotopic (exact) mass is 501 g/mol. The first-order valence-corrected chi connectivity index (χ1v) is 10.9. The summed E-state index contributed by atoms with van der Waals surface area (Å²) in [4.78, 5) is 0. The number of aryl methyl sites for hydroxylation is 2. The van der Waals surface area contributed by atoms with Crippen molar-refractivity contribution in [3.05, 3.63) is 83.4 Å². The van der Waals surface area contributed by atoms with E-state index in [2.05, 4.69) is 101 Å². The van der Waals surface area contributed by atoms with E-state index in [1.807, 2.05) is 0 Å². The van der Waals surface area contributed by atoms with E-state index in [0.29, 0.717) is 0 Å². The van der Waals surface area contributed by atoms with Crippen LogP contribution in [0.1, 0.15) is 16.7 Å². The molecule has 0 unspecified atom stereocenters. The molecule has 0 atom stereocenters. The van der Waals surface area contributed by atoms with E-state index in [9.17, 15) is 0 Å². The molecule has 0 aliphatic carbocycles. The maximum absolute atomic E-state index is 2.40. The zero-order valence-corrected chi connectivity index (χ0v) is 17.9. The Hall–Kier alpha value is -1.17.